The minimum absolute atomic E-state index is 0.404. The molecule has 0 saturated carbocycles. The number of halogens is 1. The van der Waals surface area contributed by atoms with Crippen molar-refractivity contribution < 1.29 is 9.47 Å². The molecule has 0 N–H and O–H groups in total. The zero-order chi connectivity index (χ0) is 15.4. The second-order valence-electron chi connectivity index (χ2n) is 4.50. The third-order valence-electron chi connectivity index (χ3n) is 3.07. The predicted molar refractivity (Wildman–Crippen MR) is 84.2 cm³/mol. The summed E-state index contributed by atoms with van der Waals surface area (Å²) in [6, 6.07) is 13.4. The first-order chi connectivity index (χ1) is 10.8. The molecule has 0 unspecified atom stereocenters. The van der Waals surface area contributed by atoms with Gasteiger partial charge < -0.3 is 9.47 Å². The Hall–Kier alpha value is -2.41. The monoisotopic (exact) mass is 360 g/mol. The SMILES string of the molecule is COc1ccc(Br)cc1COc1cccc(-n2cnnn2)c1. The summed E-state index contributed by atoms with van der Waals surface area (Å²) in [5.41, 5.74) is 1.80. The fourth-order valence-electron chi connectivity index (χ4n) is 2.02. The molecule has 1 heterocycles. The molecule has 0 aliphatic rings. The van der Waals surface area contributed by atoms with Crippen molar-refractivity contribution in [3.05, 3.63) is 58.8 Å². The molecule has 0 bridgehead atoms. The van der Waals surface area contributed by atoms with E-state index in [1.807, 2.05) is 42.5 Å². The first-order valence-electron chi connectivity index (χ1n) is 6.55. The third kappa shape index (κ3) is 3.25. The van der Waals surface area contributed by atoms with Crippen molar-refractivity contribution in [1.82, 2.24) is 20.2 Å². The lowest BCUT2D eigenvalue weighted by Gasteiger charge is -2.11. The summed E-state index contributed by atoms with van der Waals surface area (Å²) < 4.78 is 13.7. The first-order valence-corrected chi connectivity index (χ1v) is 7.34. The van der Waals surface area contributed by atoms with Gasteiger partial charge in [0, 0.05) is 16.1 Å². The zero-order valence-electron chi connectivity index (χ0n) is 11.8. The number of aromatic nitrogens is 4. The molecule has 0 amide bonds. The van der Waals surface area contributed by atoms with Crippen molar-refractivity contribution in [2.24, 2.45) is 0 Å². The molecule has 0 atom stereocenters. The molecule has 7 heteroatoms. The lowest BCUT2D eigenvalue weighted by molar-refractivity contribution is 0.296. The van der Waals surface area contributed by atoms with Gasteiger partial charge in [0.2, 0.25) is 0 Å². The maximum atomic E-state index is 5.85. The number of hydrogen-bond acceptors (Lipinski definition) is 5. The Morgan fingerprint density at radius 1 is 1.18 bits per heavy atom. The van der Waals surface area contributed by atoms with Crippen LogP contribution in [0.5, 0.6) is 11.5 Å². The normalized spacial score (nSPS) is 10.5. The summed E-state index contributed by atoms with van der Waals surface area (Å²) in [4.78, 5) is 0. The zero-order valence-corrected chi connectivity index (χ0v) is 13.4. The molecule has 3 rings (SSSR count). The van der Waals surface area contributed by atoms with Crippen LogP contribution in [0.3, 0.4) is 0 Å². The highest BCUT2D eigenvalue weighted by atomic mass is 79.9. The molecule has 2 aromatic carbocycles. The summed E-state index contributed by atoms with van der Waals surface area (Å²) in [6.07, 6.45) is 1.54. The minimum Gasteiger partial charge on any atom is -0.496 e. The van der Waals surface area contributed by atoms with Crippen LogP contribution in [-0.4, -0.2) is 27.3 Å². The highest BCUT2D eigenvalue weighted by Crippen LogP contribution is 2.25. The van der Waals surface area contributed by atoms with Crippen molar-refractivity contribution in [2.45, 2.75) is 6.61 Å². The van der Waals surface area contributed by atoms with Crippen molar-refractivity contribution in [1.29, 1.82) is 0 Å². The van der Waals surface area contributed by atoms with Crippen LogP contribution in [0.2, 0.25) is 0 Å². The summed E-state index contributed by atoms with van der Waals surface area (Å²) in [7, 11) is 1.64. The number of hydrogen-bond donors (Lipinski definition) is 0. The molecule has 0 saturated heterocycles. The van der Waals surface area contributed by atoms with Gasteiger partial charge in [0.15, 0.2) is 0 Å². The van der Waals surface area contributed by atoms with Gasteiger partial charge in [0.1, 0.15) is 24.4 Å². The molecule has 0 spiro atoms. The van der Waals surface area contributed by atoms with E-state index in [2.05, 4.69) is 31.5 Å². The molecule has 6 nitrogen and oxygen atoms in total. The number of nitrogens with zero attached hydrogens (tertiary/aromatic N) is 4. The topological polar surface area (TPSA) is 62.1 Å². The van der Waals surface area contributed by atoms with E-state index in [0.717, 1.165) is 27.2 Å². The van der Waals surface area contributed by atoms with Gasteiger partial charge in [-0.1, -0.05) is 22.0 Å². The molecule has 22 heavy (non-hydrogen) atoms. The lowest BCUT2D eigenvalue weighted by Crippen LogP contribution is -2.00. The smallest absolute Gasteiger partial charge is 0.143 e. The van der Waals surface area contributed by atoms with Gasteiger partial charge in [-0.3, -0.25) is 0 Å². The Morgan fingerprint density at radius 3 is 2.86 bits per heavy atom. The molecule has 0 fully saturated rings. The lowest BCUT2D eigenvalue weighted by atomic mass is 10.2. The maximum absolute atomic E-state index is 5.85. The Balaban J connectivity index is 1.77. The van der Waals surface area contributed by atoms with E-state index in [1.54, 1.807) is 11.8 Å². The molecule has 0 aliphatic heterocycles. The van der Waals surface area contributed by atoms with Crippen LogP contribution >= 0.6 is 15.9 Å². The van der Waals surface area contributed by atoms with Crippen LogP contribution in [0.25, 0.3) is 5.69 Å². The molecule has 3 aromatic rings. The second kappa shape index (κ2) is 6.57. The van der Waals surface area contributed by atoms with Crippen LogP contribution in [0.4, 0.5) is 0 Å². The van der Waals surface area contributed by atoms with E-state index in [9.17, 15) is 0 Å². The van der Waals surface area contributed by atoms with Gasteiger partial charge in [-0.05, 0) is 40.8 Å². The van der Waals surface area contributed by atoms with Gasteiger partial charge in [-0.2, -0.15) is 0 Å². The Bertz CT molecular complexity index is 762. The average molecular weight is 361 g/mol. The summed E-state index contributed by atoms with van der Waals surface area (Å²) in [5, 5.41) is 11.1. The van der Waals surface area contributed by atoms with Gasteiger partial charge in [0.05, 0.1) is 12.8 Å². The van der Waals surface area contributed by atoms with E-state index >= 15 is 0 Å². The van der Waals surface area contributed by atoms with E-state index in [4.69, 9.17) is 9.47 Å². The molecular formula is C15H13BrN4O2. The number of benzene rings is 2. The van der Waals surface area contributed by atoms with Gasteiger partial charge in [-0.25, -0.2) is 4.68 Å². The Morgan fingerprint density at radius 2 is 2.09 bits per heavy atom. The Labute approximate surface area is 135 Å². The number of ether oxygens (including phenoxy) is 2. The summed E-state index contributed by atoms with van der Waals surface area (Å²) in [6.45, 7) is 0.404. The molecule has 0 aliphatic carbocycles. The van der Waals surface area contributed by atoms with E-state index in [-0.39, 0.29) is 0 Å². The van der Waals surface area contributed by atoms with E-state index < -0.39 is 0 Å². The van der Waals surface area contributed by atoms with E-state index in [1.165, 1.54) is 6.33 Å². The van der Waals surface area contributed by atoms with Crippen molar-refractivity contribution in [2.75, 3.05) is 7.11 Å². The quantitative estimate of drug-likeness (QED) is 0.699. The van der Waals surface area contributed by atoms with Gasteiger partial charge in [-0.15, -0.1) is 5.10 Å². The van der Waals surface area contributed by atoms with Crippen LogP contribution in [0.15, 0.2) is 53.3 Å². The number of methoxy groups -OCH3 is 1. The minimum atomic E-state index is 0.404. The van der Waals surface area contributed by atoms with Gasteiger partial charge >= 0.3 is 0 Å². The second-order valence-corrected chi connectivity index (χ2v) is 5.41. The van der Waals surface area contributed by atoms with Gasteiger partial charge in [0.25, 0.3) is 0 Å². The molecular weight excluding hydrogens is 348 g/mol. The average Bonchev–Trinajstić information content (AvgIpc) is 3.08. The van der Waals surface area contributed by atoms with Crippen LogP contribution < -0.4 is 9.47 Å². The van der Waals surface area contributed by atoms with Crippen LogP contribution in [0.1, 0.15) is 5.56 Å². The molecule has 0 radical (unpaired) electrons. The summed E-state index contributed by atoms with van der Waals surface area (Å²) >= 11 is 3.45. The largest absolute Gasteiger partial charge is 0.496 e. The summed E-state index contributed by atoms with van der Waals surface area (Å²) in [5.74, 6) is 1.52. The van der Waals surface area contributed by atoms with Crippen molar-refractivity contribution in [3.63, 3.8) is 0 Å². The standard InChI is InChI=1S/C15H13BrN4O2/c1-21-15-6-5-12(16)7-11(15)9-22-14-4-2-3-13(8-14)20-10-17-18-19-20/h2-8,10H,9H2,1H3. The molecule has 112 valence electrons. The van der Waals surface area contributed by atoms with Crippen LogP contribution in [0, 0.1) is 0 Å². The van der Waals surface area contributed by atoms with Crippen molar-refractivity contribution >= 4 is 15.9 Å². The highest BCUT2D eigenvalue weighted by molar-refractivity contribution is 9.10. The maximum Gasteiger partial charge on any atom is 0.143 e. The number of rotatable bonds is 5. The fraction of sp³-hybridized carbons (Fsp3) is 0.133. The highest BCUT2D eigenvalue weighted by Gasteiger charge is 2.06. The Kier molecular flexibility index (Phi) is 4.34. The van der Waals surface area contributed by atoms with E-state index in [0.29, 0.717) is 6.61 Å². The molecule has 1 aromatic heterocycles. The predicted octanol–water partition coefficient (Wildman–Crippen LogP) is 3.01. The first kappa shape index (κ1) is 14.5. The van der Waals surface area contributed by atoms with Crippen molar-refractivity contribution in [3.8, 4) is 17.2 Å². The third-order valence-corrected chi connectivity index (χ3v) is 3.56. The fourth-order valence-corrected chi connectivity index (χ4v) is 2.42. The number of tetrazole rings is 1. The van der Waals surface area contributed by atoms with Crippen LogP contribution in [-0.2, 0) is 6.61 Å².